The Morgan fingerprint density at radius 2 is 1.68 bits per heavy atom. The van der Waals surface area contributed by atoms with E-state index in [-0.39, 0.29) is 23.9 Å². The first kappa shape index (κ1) is 23.5. The Labute approximate surface area is 198 Å². The number of hydrogen-bond donors (Lipinski definition) is 1. The quantitative estimate of drug-likeness (QED) is 0.409. The van der Waals surface area contributed by atoms with E-state index in [0.717, 1.165) is 11.1 Å². The van der Waals surface area contributed by atoms with Gasteiger partial charge in [0.1, 0.15) is 17.2 Å². The van der Waals surface area contributed by atoms with Crippen LogP contribution in [0, 0.1) is 13.8 Å². The Balaban J connectivity index is 1.46. The molecule has 0 bridgehead atoms. The lowest BCUT2D eigenvalue weighted by Gasteiger charge is -2.16. The van der Waals surface area contributed by atoms with Gasteiger partial charge in [0.25, 0.3) is 0 Å². The maximum Gasteiger partial charge on any atom is 0.246 e. The molecule has 8 nitrogen and oxygen atoms in total. The largest absolute Gasteiger partial charge is 0.468 e. The standard InChI is InChI=1S/C25H26N4O4S/c1-18-25(34(31,32)28(3)16-23-10-7-15-33-23)19(2)29(27-18)17-24(30)26-22-13-11-21(12-14-22)20-8-5-4-6-9-20/h4-15H,16-17H2,1-3H3,(H,26,30). The Morgan fingerprint density at radius 1 is 1.00 bits per heavy atom. The maximum absolute atomic E-state index is 13.2. The number of carbonyl (C=O) groups is 1. The first-order valence-corrected chi connectivity index (χ1v) is 12.2. The monoisotopic (exact) mass is 478 g/mol. The molecule has 2 aromatic carbocycles. The zero-order chi connectivity index (χ0) is 24.3. The molecule has 0 atom stereocenters. The van der Waals surface area contributed by atoms with Crippen LogP contribution in [-0.4, -0.2) is 35.5 Å². The lowest BCUT2D eigenvalue weighted by Crippen LogP contribution is -2.27. The summed E-state index contributed by atoms with van der Waals surface area (Å²) in [5.74, 6) is 0.234. The molecule has 4 rings (SSSR count). The Morgan fingerprint density at radius 3 is 2.32 bits per heavy atom. The average Bonchev–Trinajstić information content (AvgIpc) is 3.42. The smallest absolute Gasteiger partial charge is 0.246 e. The van der Waals surface area contributed by atoms with Crippen LogP contribution in [0.15, 0.2) is 82.3 Å². The van der Waals surface area contributed by atoms with Gasteiger partial charge in [0.2, 0.25) is 15.9 Å². The van der Waals surface area contributed by atoms with E-state index >= 15 is 0 Å². The van der Waals surface area contributed by atoms with E-state index in [1.807, 2.05) is 54.6 Å². The van der Waals surface area contributed by atoms with Crippen molar-refractivity contribution in [3.63, 3.8) is 0 Å². The molecule has 1 amide bonds. The van der Waals surface area contributed by atoms with Crippen molar-refractivity contribution in [3.05, 3.63) is 90.1 Å². The molecule has 0 aliphatic heterocycles. The third-order valence-electron chi connectivity index (χ3n) is 5.51. The second-order valence-corrected chi connectivity index (χ2v) is 9.97. The topological polar surface area (TPSA) is 97.4 Å². The molecule has 9 heteroatoms. The van der Waals surface area contributed by atoms with Gasteiger partial charge in [0.15, 0.2) is 0 Å². The Kier molecular flexibility index (Phi) is 6.67. The number of nitrogens with zero attached hydrogens (tertiary/aromatic N) is 3. The number of furan rings is 1. The van der Waals surface area contributed by atoms with Gasteiger partial charge in [-0.1, -0.05) is 42.5 Å². The predicted molar refractivity (Wildman–Crippen MR) is 130 cm³/mol. The zero-order valence-electron chi connectivity index (χ0n) is 19.2. The molecule has 0 aliphatic rings. The van der Waals surface area contributed by atoms with Crippen LogP contribution in [-0.2, 0) is 27.9 Å². The Bertz CT molecular complexity index is 1380. The van der Waals surface area contributed by atoms with Gasteiger partial charge in [-0.05, 0) is 49.2 Å². The number of sulfonamides is 1. The van der Waals surface area contributed by atoms with Crippen molar-refractivity contribution in [1.82, 2.24) is 14.1 Å². The third-order valence-corrected chi connectivity index (χ3v) is 7.57. The van der Waals surface area contributed by atoms with Gasteiger partial charge in [-0.3, -0.25) is 9.48 Å². The number of aryl methyl sites for hydroxylation is 1. The first-order valence-electron chi connectivity index (χ1n) is 10.7. The number of nitrogens with one attached hydrogen (secondary N) is 1. The molecule has 0 radical (unpaired) electrons. The molecule has 0 spiro atoms. The summed E-state index contributed by atoms with van der Waals surface area (Å²) in [7, 11) is -2.34. The van der Waals surface area contributed by atoms with Gasteiger partial charge in [-0.15, -0.1) is 0 Å². The van der Waals surface area contributed by atoms with E-state index in [1.165, 1.54) is 22.3 Å². The number of anilines is 1. The Hall–Kier alpha value is -3.69. The molecular formula is C25H26N4O4S. The molecule has 0 aliphatic carbocycles. The van der Waals surface area contributed by atoms with Crippen molar-refractivity contribution >= 4 is 21.6 Å². The number of carbonyl (C=O) groups excluding carboxylic acids is 1. The van der Waals surface area contributed by atoms with E-state index < -0.39 is 10.0 Å². The van der Waals surface area contributed by atoms with E-state index in [4.69, 9.17) is 4.42 Å². The van der Waals surface area contributed by atoms with Crippen molar-refractivity contribution in [1.29, 1.82) is 0 Å². The van der Waals surface area contributed by atoms with E-state index in [1.54, 1.807) is 26.0 Å². The van der Waals surface area contributed by atoms with Gasteiger partial charge in [0, 0.05) is 12.7 Å². The molecule has 0 saturated heterocycles. The lowest BCUT2D eigenvalue weighted by atomic mass is 10.1. The fraction of sp³-hybridized carbons (Fsp3) is 0.200. The normalized spacial score (nSPS) is 11.6. The summed E-state index contributed by atoms with van der Waals surface area (Å²) < 4.78 is 34.2. The van der Waals surface area contributed by atoms with Crippen molar-refractivity contribution in [2.24, 2.45) is 0 Å². The minimum absolute atomic E-state index is 0.0961. The van der Waals surface area contributed by atoms with Gasteiger partial charge in [-0.25, -0.2) is 8.42 Å². The van der Waals surface area contributed by atoms with Crippen molar-refractivity contribution < 1.29 is 17.6 Å². The molecule has 2 aromatic heterocycles. The SMILES string of the molecule is Cc1nn(CC(=O)Nc2ccc(-c3ccccc3)cc2)c(C)c1S(=O)(=O)N(C)Cc1ccco1. The zero-order valence-corrected chi connectivity index (χ0v) is 20.0. The van der Waals surface area contributed by atoms with Crippen LogP contribution in [0.2, 0.25) is 0 Å². The van der Waals surface area contributed by atoms with Crippen LogP contribution < -0.4 is 5.32 Å². The number of benzene rings is 2. The van der Waals surface area contributed by atoms with Crippen molar-refractivity contribution in [2.45, 2.75) is 31.8 Å². The van der Waals surface area contributed by atoms with E-state index in [2.05, 4.69) is 10.4 Å². The summed E-state index contributed by atoms with van der Waals surface area (Å²) in [6.45, 7) is 3.26. The summed E-state index contributed by atoms with van der Waals surface area (Å²) in [6, 6.07) is 20.9. The van der Waals surface area contributed by atoms with Crippen LogP contribution in [0.3, 0.4) is 0 Å². The minimum Gasteiger partial charge on any atom is -0.468 e. The number of rotatable bonds is 8. The molecule has 0 unspecified atom stereocenters. The summed E-state index contributed by atoms with van der Waals surface area (Å²) in [5, 5.41) is 7.16. The molecule has 34 heavy (non-hydrogen) atoms. The van der Waals surface area contributed by atoms with Gasteiger partial charge in [0.05, 0.1) is 24.2 Å². The fourth-order valence-electron chi connectivity index (χ4n) is 3.78. The highest BCUT2D eigenvalue weighted by atomic mass is 32.2. The van der Waals surface area contributed by atoms with Crippen LogP contribution >= 0.6 is 0 Å². The van der Waals surface area contributed by atoms with E-state index in [0.29, 0.717) is 22.8 Å². The fourth-order valence-corrected chi connectivity index (χ4v) is 5.29. The highest BCUT2D eigenvalue weighted by molar-refractivity contribution is 7.89. The number of aromatic nitrogens is 2. The van der Waals surface area contributed by atoms with Gasteiger partial charge < -0.3 is 9.73 Å². The highest BCUT2D eigenvalue weighted by Gasteiger charge is 2.29. The molecule has 2 heterocycles. The molecule has 176 valence electrons. The van der Waals surface area contributed by atoms with Crippen molar-refractivity contribution in [2.75, 3.05) is 12.4 Å². The highest BCUT2D eigenvalue weighted by Crippen LogP contribution is 2.25. The second kappa shape index (κ2) is 9.66. The second-order valence-electron chi connectivity index (χ2n) is 7.99. The van der Waals surface area contributed by atoms with Crippen LogP contribution in [0.5, 0.6) is 0 Å². The summed E-state index contributed by atoms with van der Waals surface area (Å²) in [5.41, 5.74) is 3.53. The summed E-state index contributed by atoms with van der Waals surface area (Å²) in [6.07, 6.45) is 1.50. The summed E-state index contributed by atoms with van der Waals surface area (Å²) in [4.78, 5) is 12.8. The lowest BCUT2D eigenvalue weighted by molar-refractivity contribution is -0.116. The molecule has 0 saturated carbocycles. The van der Waals surface area contributed by atoms with E-state index in [9.17, 15) is 13.2 Å². The van der Waals surface area contributed by atoms with Crippen molar-refractivity contribution in [3.8, 4) is 11.1 Å². The first-order chi connectivity index (χ1) is 16.3. The number of hydrogen-bond acceptors (Lipinski definition) is 5. The number of amides is 1. The molecular weight excluding hydrogens is 452 g/mol. The van der Waals surface area contributed by atoms with Crippen LogP contribution in [0.25, 0.3) is 11.1 Å². The maximum atomic E-state index is 13.2. The molecule has 0 fully saturated rings. The average molecular weight is 479 g/mol. The van der Waals surface area contributed by atoms with Crippen LogP contribution in [0.1, 0.15) is 17.1 Å². The third kappa shape index (κ3) is 4.95. The predicted octanol–water partition coefficient (Wildman–Crippen LogP) is 4.22. The van der Waals surface area contributed by atoms with Crippen LogP contribution in [0.4, 0.5) is 5.69 Å². The minimum atomic E-state index is -3.82. The molecule has 1 N–H and O–H groups in total. The molecule has 4 aromatic rings. The van der Waals surface area contributed by atoms with Gasteiger partial charge in [-0.2, -0.15) is 9.40 Å². The van der Waals surface area contributed by atoms with Gasteiger partial charge >= 0.3 is 0 Å². The summed E-state index contributed by atoms with van der Waals surface area (Å²) >= 11 is 0.